The molecule has 1 atom stereocenters. The summed E-state index contributed by atoms with van der Waals surface area (Å²) in [6, 6.07) is 11.1. The van der Waals surface area contributed by atoms with Gasteiger partial charge in [-0.1, -0.05) is 30.7 Å². The van der Waals surface area contributed by atoms with Crippen LogP contribution in [0.2, 0.25) is 5.02 Å². The summed E-state index contributed by atoms with van der Waals surface area (Å²) in [7, 11) is -3.72. The van der Waals surface area contributed by atoms with Crippen LogP contribution in [0.25, 0.3) is 0 Å². The highest BCUT2D eigenvalue weighted by Crippen LogP contribution is 2.29. The van der Waals surface area contributed by atoms with E-state index in [1.165, 1.54) is 12.1 Å². The van der Waals surface area contributed by atoms with Crippen molar-refractivity contribution in [2.45, 2.75) is 13.8 Å². The molecule has 0 saturated carbocycles. The number of hydrogen-bond acceptors (Lipinski definition) is 4. The van der Waals surface area contributed by atoms with Crippen LogP contribution in [0.5, 0.6) is 0 Å². The molecule has 0 spiro atoms. The summed E-state index contributed by atoms with van der Waals surface area (Å²) in [6.45, 7) is 3.35. The summed E-state index contributed by atoms with van der Waals surface area (Å²) in [5.74, 6) is -1.75. The molecule has 3 rings (SSSR count). The molecule has 1 N–H and O–H groups in total. The van der Waals surface area contributed by atoms with E-state index in [-0.39, 0.29) is 17.0 Å². The number of hydrogen-bond donors (Lipinski definition) is 1. The molecule has 0 radical (unpaired) electrons. The standard InChI is InChI=1S/C18H17ClN2O4S/c1-11-10-26(24,25)21(18(11)23)14-6-3-5-13(9-14)17(22)20-16-8-4-7-15(19)12(16)2/h3-9,11H,10H2,1-2H3,(H,20,22)/t11-/m0/s1. The van der Waals surface area contributed by atoms with E-state index in [0.717, 1.165) is 9.87 Å². The number of nitrogens with one attached hydrogen (secondary N) is 1. The number of sulfonamides is 1. The predicted molar refractivity (Wildman–Crippen MR) is 101 cm³/mol. The lowest BCUT2D eigenvalue weighted by molar-refractivity contribution is -0.119. The van der Waals surface area contributed by atoms with Crippen molar-refractivity contribution in [1.29, 1.82) is 0 Å². The zero-order valence-corrected chi connectivity index (χ0v) is 15.8. The third kappa shape index (κ3) is 3.32. The van der Waals surface area contributed by atoms with Crippen LogP contribution in [0.3, 0.4) is 0 Å². The van der Waals surface area contributed by atoms with E-state index in [0.29, 0.717) is 10.7 Å². The predicted octanol–water partition coefficient (Wildman–Crippen LogP) is 3.21. The molecular formula is C18H17ClN2O4S. The highest BCUT2D eigenvalue weighted by Gasteiger charge is 2.42. The largest absolute Gasteiger partial charge is 0.322 e. The van der Waals surface area contributed by atoms with Gasteiger partial charge in [-0.05, 0) is 42.8 Å². The Balaban J connectivity index is 1.91. The maximum absolute atomic E-state index is 12.5. The smallest absolute Gasteiger partial charge is 0.255 e. The summed E-state index contributed by atoms with van der Waals surface area (Å²) >= 11 is 6.05. The highest BCUT2D eigenvalue weighted by molar-refractivity contribution is 7.94. The number of benzene rings is 2. The molecule has 1 aliphatic rings. The Morgan fingerprint density at radius 1 is 1.23 bits per heavy atom. The topological polar surface area (TPSA) is 83.6 Å². The van der Waals surface area contributed by atoms with Crippen LogP contribution < -0.4 is 9.62 Å². The highest BCUT2D eigenvalue weighted by atomic mass is 35.5. The van der Waals surface area contributed by atoms with Gasteiger partial charge < -0.3 is 5.32 Å². The Morgan fingerprint density at radius 3 is 2.58 bits per heavy atom. The first-order chi connectivity index (χ1) is 12.2. The molecule has 2 amide bonds. The van der Waals surface area contributed by atoms with E-state index in [2.05, 4.69) is 5.32 Å². The Hall–Kier alpha value is -2.38. The van der Waals surface area contributed by atoms with E-state index in [1.807, 2.05) is 0 Å². The Labute approximate surface area is 156 Å². The Bertz CT molecular complexity index is 1000. The fourth-order valence-corrected chi connectivity index (χ4v) is 4.78. The molecule has 1 fully saturated rings. The van der Waals surface area contributed by atoms with E-state index >= 15 is 0 Å². The second kappa shape index (κ2) is 6.74. The first-order valence-corrected chi connectivity index (χ1v) is 9.93. The lowest BCUT2D eigenvalue weighted by Crippen LogP contribution is -2.30. The third-order valence-electron chi connectivity index (χ3n) is 4.22. The summed E-state index contributed by atoms with van der Waals surface area (Å²) in [5.41, 5.74) is 1.69. The van der Waals surface area contributed by atoms with Gasteiger partial charge in [-0.15, -0.1) is 0 Å². The fourth-order valence-electron chi connectivity index (χ4n) is 2.80. The minimum absolute atomic E-state index is 0.162. The number of rotatable bonds is 3. The average Bonchev–Trinajstić information content (AvgIpc) is 2.79. The van der Waals surface area contributed by atoms with Crippen LogP contribution in [0, 0.1) is 12.8 Å². The molecule has 0 aliphatic carbocycles. The maximum atomic E-state index is 12.5. The van der Waals surface area contributed by atoms with Gasteiger partial charge in [-0.25, -0.2) is 12.7 Å². The lowest BCUT2D eigenvalue weighted by Gasteiger charge is -2.16. The van der Waals surface area contributed by atoms with Crippen molar-refractivity contribution in [2.75, 3.05) is 15.4 Å². The van der Waals surface area contributed by atoms with Crippen LogP contribution in [-0.2, 0) is 14.8 Å². The number of anilines is 2. The normalized spacial score (nSPS) is 18.8. The van der Waals surface area contributed by atoms with Gasteiger partial charge in [-0.2, -0.15) is 0 Å². The first kappa shape index (κ1) is 18.4. The van der Waals surface area contributed by atoms with Crippen LogP contribution in [0.15, 0.2) is 42.5 Å². The molecule has 1 saturated heterocycles. The van der Waals surface area contributed by atoms with Crippen molar-refractivity contribution in [1.82, 2.24) is 0 Å². The molecule has 26 heavy (non-hydrogen) atoms. The Morgan fingerprint density at radius 2 is 1.92 bits per heavy atom. The van der Waals surface area contributed by atoms with Crippen molar-refractivity contribution in [2.24, 2.45) is 5.92 Å². The van der Waals surface area contributed by atoms with Gasteiger partial charge in [0.15, 0.2) is 0 Å². The SMILES string of the molecule is Cc1c(Cl)cccc1NC(=O)c1cccc(N2C(=O)[C@@H](C)CS2(=O)=O)c1. The van der Waals surface area contributed by atoms with E-state index < -0.39 is 27.8 Å². The monoisotopic (exact) mass is 392 g/mol. The molecule has 136 valence electrons. The van der Waals surface area contributed by atoms with E-state index in [1.54, 1.807) is 44.2 Å². The number of carbonyl (C=O) groups is 2. The van der Waals surface area contributed by atoms with Crippen LogP contribution in [-0.4, -0.2) is 26.0 Å². The quantitative estimate of drug-likeness (QED) is 0.869. The molecule has 2 aromatic carbocycles. The van der Waals surface area contributed by atoms with Gasteiger partial charge >= 0.3 is 0 Å². The van der Waals surface area contributed by atoms with Crippen molar-refractivity contribution in [3.8, 4) is 0 Å². The summed E-state index contributed by atoms with van der Waals surface area (Å²) in [5, 5.41) is 3.28. The van der Waals surface area contributed by atoms with Crippen LogP contribution in [0.1, 0.15) is 22.8 Å². The van der Waals surface area contributed by atoms with Gasteiger partial charge in [0.1, 0.15) is 0 Å². The lowest BCUT2D eigenvalue weighted by atomic mass is 10.1. The van der Waals surface area contributed by atoms with Gasteiger partial charge in [0.2, 0.25) is 15.9 Å². The number of amides is 2. The molecule has 2 aromatic rings. The summed E-state index contributed by atoms with van der Waals surface area (Å²) < 4.78 is 25.2. The summed E-state index contributed by atoms with van der Waals surface area (Å²) in [6.07, 6.45) is 0. The molecular weight excluding hydrogens is 376 g/mol. The zero-order chi connectivity index (χ0) is 19.1. The Kier molecular flexibility index (Phi) is 4.77. The molecule has 0 unspecified atom stereocenters. The average molecular weight is 393 g/mol. The molecule has 0 aromatic heterocycles. The number of halogens is 1. The van der Waals surface area contributed by atoms with E-state index in [9.17, 15) is 18.0 Å². The second-order valence-electron chi connectivity index (χ2n) is 6.20. The third-order valence-corrected chi connectivity index (χ3v) is 6.50. The van der Waals surface area contributed by atoms with Crippen molar-refractivity contribution < 1.29 is 18.0 Å². The van der Waals surface area contributed by atoms with Gasteiger partial charge in [0, 0.05) is 16.3 Å². The number of carbonyl (C=O) groups excluding carboxylic acids is 2. The second-order valence-corrected chi connectivity index (χ2v) is 8.47. The van der Waals surface area contributed by atoms with Crippen LogP contribution in [0.4, 0.5) is 11.4 Å². The van der Waals surface area contributed by atoms with Crippen molar-refractivity contribution >= 4 is 44.8 Å². The van der Waals surface area contributed by atoms with E-state index in [4.69, 9.17) is 11.6 Å². The van der Waals surface area contributed by atoms with Crippen LogP contribution >= 0.6 is 11.6 Å². The first-order valence-electron chi connectivity index (χ1n) is 7.94. The minimum atomic E-state index is -3.72. The zero-order valence-electron chi connectivity index (χ0n) is 14.2. The van der Waals surface area contributed by atoms with Gasteiger partial charge in [-0.3, -0.25) is 9.59 Å². The van der Waals surface area contributed by atoms with Crippen molar-refractivity contribution in [3.63, 3.8) is 0 Å². The van der Waals surface area contributed by atoms with Gasteiger partial charge in [0.25, 0.3) is 5.91 Å². The van der Waals surface area contributed by atoms with Crippen molar-refractivity contribution in [3.05, 3.63) is 58.6 Å². The van der Waals surface area contributed by atoms with Gasteiger partial charge in [0.05, 0.1) is 17.4 Å². The number of nitrogens with zero attached hydrogens (tertiary/aromatic N) is 1. The fraction of sp³-hybridized carbons (Fsp3) is 0.222. The maximum Gasteiger partial charge on any atom is 0.255 e. The summed E-state index contributed by atoms with van der Waals surface area (Å²) in [4.78, 5) is 24.8. The molecule has 1 aliphatic heterocycles. The molecule has 1 heterocycles. The molecule has 0 bridgehead atoms. The molecule has 6 nitrogen and oxygen atoms in total. The minimum Gasteiger partial charge on any atom is -0.322 e. The molecule has 8 heteroatoms.